The van der Waals surface area contributed by atoms with Crippen LogP contribution in [0.25, 0.3) is 0 Å². The first kappa shape index (κ1) is 20.9. The van der Waals surface area contributed by atoms with Gasteiger partial charge in [-0.1, -0.05) is 31.9 Å². The van der Waals surface area contributed by atoms with E-state index in [0.29, 0.717) is 25.0 Å². The van der Waals surface area contributed by atoms with Gasteiger partial charge in [-0.15, -0.1) is 0 Å². The van der Waals surface area contributed by atoms with Crippen LogP contribution in [0.1, 0.15) is 58.3 Å². The van der Waals surface area contributed by atoms with E-state index in [2.05, 4.69) is 0 Å². The summed E-state index contributed by atoms with van der Waals surface area (Å²) in [7, 11) is 0. The molecule has 2 aliphatic rings. The van der Waals surface area contributed by atoms with Gasteiger partial charge in [0.15, 0.2) is 6.17 Å². The van der Waals surface area contributed by atoms with Crippen LogP contribution in [0, 0.1) is 11.8 Å². The zero-order chi connectivity index (χ0) is 19.1. The second-order valence-electron chi connectivity index (χ2n) is 7.30. The van der Waals surface area contributed by atoms with Crippen LogP contribution in [-0.2, 0) is 9.53 Å². The summed E-state index contributed by atoms with van der Waals surface area (Å²) in [5, 5.41) is 18.5. The molecule has 1 aliphatic heterocycles. The molecule has 1 unspecified atom stereocenters. The molecule has 0 spiro atoms. The summed E-state index contributed by atoms with van der Waals surface area (Å²) in [4.78, 5) is 10.5. The number of aliphatic hydroxyl groups is 1. The van der Waals surface area contributed by atoms with Gasteiger partial charge in [-0.3, -0.25) is 4.79 Å². The summed E-state index contributed by atoms with van der Waals surface area (Å²) >= 11 is 0. The molecule has 2 rings (SSSR count). The summed E-state index contributed by atoms with van der Waals surface area (Å²) in [5.41, 5.74) is 0. The standard InChI is InChI=1S/C20H30F2O4/c1-2-3-6-14(21)15(23)11-9-13-10-12-16-19(13)20(22)17(26-16)7-4-5-8-18(24)25/h7,9,11,13-16,19-20,23H,2-6,8,10,12H2,1H3,(H,24,25)/b11-9+,17-7-/t13-,14+,15+,16+,19+,20?/m0/s1. The number of fused-ring (bicyclic) bond motifs is 1. The molecule has 148 valence electrons. The summed E-state index contributed by atoms with van der Waals surface area (Å²) in [6.45, 7) is 1.97. The molecule has 2 fully saturated rings. The average molecular weight is 372 g/mol. The Labute approximate surface area is 153 Å². The van der Waals surface area contributed by atoms with Crippen LogP contribution in [0.2, 0.25) is 0 Å². The van der Waals surface area contributed by atoms with Gasteiger partial charge in [0, 0.05) is 12.3 Å². The lowest BCUT2D eigenvalue weighted by atomic mass is 9.90. The molecule has 26 heavy (non-hydrogen) atoms. The third-order valence-corrected chi connectivity index (χ3v) is 5.31. The Bertz CT molecular complexity index is 520. The molecule has 1 aliphatic carbocycles. The fraction of sp³-hybridized carbons (Fsp3) is 0.750. The number of halogens is 2. The average Bonchev–Trinajstić information content (AvgIpc) is 3.14. The van der Waals surface area contributed by atoms with Crippen molar-refractivity contribution >= 4 is 5.97 Å². The zero-order valence-electron chi connectivity index (χ0n) is 15.3. The number of alkyl halides is 2. The van der Waals surface area contributed by atoms with E-state index in [1.165, 1.54) is 6.08 Å². The highest BCUT2D eigenvalue weighted by molar-refractivity contribution is 5.66. The molecule has 0 aromatic carbocycles. The van der Waals surface area contributed by atoms with Gasteiger partial charge in [0.1, 0.15) is 24.1 Å². The molecule has 0 aromatic rings. The van der Waals surface area contributed by atoms with Crippen LogP contribution >= 0.6 is 0 Å². The summed E-state index contributed by atoms with van der Waals surface area (Å²) in [6.07, 6.45) is 5.45. The normalized spacial score (nSPS) is 31.9. The first-order chi connectivity index (χ1) is 12.4. The fourth-order valence-electron chi connectivity index (χ4n) is 3.82. The van der Waals surface area contributed by atoms with Crippen molar-refractivity contribution in [3.63, 3.8) is 0 Å². The molecule has 1 saturated carbocycles. The van der Waals surface area contributed by atoms with E-state index in [9.17, 15) is 18.7 Å². The maximum absolute atomic E-state index is 14.7. The van der Waals surface area contributed by atoms with Crippen LogP contribution < -0.4 is 0 Å². The SMILES string of the molecule is CCCC[C@@H](F)[C@H](O)/C=C/[C@H]1CC[C@H]2O/C(=C\CCCC(=O)O)C(F)[C@H]12. The molecule has 6 atom stereocenters. The summed E-state index contributed by atoms with van der Waals surface area (Å²) < 4.78 is 34.3. The smallest absolute Gasteiger partial charge is 0.303 e. The van der Waals surface area contributed by atoms with E-state index in [1.807, 2.05) is 6.92 Å². The molecular weight excluding hydrogens is 342 g/mol. The molecule has 0 amide bonds. The molecule has 6 heteroatoms. The van der Waals surface area contributed by atoms with Crippen LogP contribution in [0.4, 0.5) is 8.78 Å². The minimum absolute atomic E-state index is 0.0548. The van der Waals surface area contributed by atoms with Crippen LogP contribution in [0.15, 0.2) is 24.0 Å². The van der Waals surface area contributed by atoms with E-state index in [-0.39, 0.29) is 24.4 Å². The first-order valence-corrected chi connectivity index (χ1v) is 9.67. The Hall–Kier alpha value is -1.43. The van der Waals surface area contributed by atoms with Crippen LogP contribution in [0.3, 0.4) is 0 Å². The van der Waals surface area contributed by atoms with E-state index < -0.39 is 24.4 Å². The topological polar surface area (TPSA) is 66.8 Å². The van der Waals surface area contributed by atoms with Crippen molar-refractivity contribution in [3.8, 4) is 0 Å². The van der Waals surface area contributed by atoms with Crippen molar-refractivity contribution in [2.45, 2.75) is 82.8 Å². The van der Waals surface area contributed by atoms with Crippen molar-refractivity contribution in [2.75, 3.05) is 0 Å². The van der Waals surface area contributed by atoms with E-state index in [1.54, 1.807) is 12.2 Å². The predicted molar refractivity (Wildman–Crippen MR) is 95.1 cm³/mol. The highest BCUT2D eigenvalue weighted by Gasteiger charge is 2.49. The molecule has 0 radical (unpaired) electrons. The highest BCUT2D eigenvalue weighted by Crippen LogP contribution is 2.47. The number of carboxylic acids is 1. The molecule has 1 saturated heterocycles. The third-order valence-electron chi connectivity index (χ3n) is 5.31. The number of ether oxygens (including phenoxy) is 1. The third kappa shape index (κ3) is 5.53. The number of aliphatic hydroxyl groups excluding tert-OH is 1. The van der Waals surface area contributed by atoms with E-state index in [0.717, 1.165) is 25.7 Å². The monoisotopic (exact) mass is 372 g/mol. The molecule has 1 heterocycles. The van der Waals surface area contributed by atoms with Gasteiger partial charge in [-0.05, 0) is 44.1 Å². The lowest BCUT2D eigenvalue weighted by molar-refractivity contribution is -0.137. The molecule has 4 nitrogen and oxygen atoms in total. The van der Waals surface area contributed by atoms with Gasteiger partial charge < -0.3 is 14.9 Å². The Morgan fingerprint density at radius 3 is 2.85 bits per heavy atom. The number of aliphatic carboxylic acids is 1. The lowest BCUT2D eigenvalue weighted by Crippen LogP contribution is -2.22. The van der Waals surface area contributed by atoms with Crippen molar-refractivity contribution in [3.05, 3.63) is 24.0 Å². The van der Waals surface area contributed by atoms with Gasteiger partial charge in [0.2, 0.25) is 0 Å². The maximum Gasteiger partial charge on any atom is 0.303 e. The minimum Gasteiger partial charge on any atom is -0.492 e. The van der Waals surface area contributed by atoms with Gasteiger partial charge in [-0.25, -0.2) is 8.78 Å². The van der Waals surface area contributed by atoms with Crippen LogP contribution in [0.5, 0.6) is 0 Å². The predicted octanol–water partition coefficient (Wildman–Crippen LogP) is 4.33. The molecular formula is C20H30F2O4. The number of carbonyl (C=O) groups is 1. The molecule has 2 N–H and O–H groups in total. The fourth-order valence-corrected chi connectivity index (χ4v) is 3.82. The van der Waals surface area contributed by atoms with E-state index in [4.69, 9.17) is 9.84 Å². The molecule has 0 bridgehead atoms. The summed E-state index contributed by atoms with van der Waals surface area (Å²) in [5.74, 6) is -0.945. The van der Waals surface area contributed by atoms with Crippen LogP contribution in [-0.4, -0.2) is 40.7 Å². The Morgan fingerprint density at radius 2 is 2.15 bits per heavy atom. The maximum atomic E-state index is 14.7. The second kappa shape index (κ2) is 10.0. The number of carboxylic acid groups (broad SMARTS) is 1. The summed E-state index contributed by atoms with van der Waals surface area (Å²) in [6, 6.07) is 0. The second-order valence-corrected chi connectivity index (χ2v) is 7.30. The van der Waals surface area contributed by atoms with Crippen molar-refractivity contribution < 1.29 is 28.5 Å². The minimum atomic E-state index is -1.28. The van der Waals surface area contributed by atoms with Gasteiger partial charge >= 0.3 is 5.97 Å². The van der Waals surface area contributed by atoms with Gasteiger partial charge in [0.25, 0.3) is 0 Å². The highest BCUT2D eigenvalue weighted by atomic mass is 19.1. The molecule has 0 aromatic heterocycles. The quantitative estimate of drug-likeness (QED) is 0.442. The lowest BCUT2D eigenvalue weighted by Gasteiger charge is -2.16. The van der Waals surface area contributed by atoms with Gasteiger partial charge in [0.05, 0.1) is 0 Å². The van der Waals surface area contributed by atoms with Crippen molar-refractivity contribution in [1.82, 2.24) is 0 Å². The first-order valence-electron chi connectivity index (χ1n) is 9.67. The van der Waals surface area contributed by atoms with E-state index >= 15 is 0 Å². The number of allylic oxidation sites excluding steroid dienone is 3. The zero-order valence-corrected chi connectivity index (χ0v) is 15.3. The number of hydrogen-bond donors (Lipinski definition) is 2. The Kier molecular flexibility index (Phi) is 8.07. The number of unbranched alkanes of at least 4 members (excludes halogenated alkanes) is 2. The van der Waals surface area contributed by atoms with Crippen molar-refractivity contribution in [1.29, 1.82) is 0 Å². The number of hydrogen-bond acceptors (Lipinski definition) is 3. The largest absolute Gasteiger partial charge is 0.492 e. The Balaban J connectivity index is 1.88. The Morgan fingerprint density at radius 1 is 1.38 bits per heavy atom. The van der Waals surface area contributed by atoms with Crippen molar-refractivity contribution in [2.24, 2.45) is 11.8 Å². The number of rotatable bonds is 10. The van der Waals surface area contributed by atoms with Gasteiger partial charge in [-0.2, -0.15) is 0 Å².